The average Bonchev–Trinajstić information content (AvgIpc) is 2.70. The van der Waals surface area contributed by atoms with Gasteiger partial charge >= 0.3 is 0 Å². The Bertz CT molecular complexity index is 406. The molecule has 0 radical (unpaired) electrons. The molecule has 19 heavy (non-hydrogen) atoms. The fourth-order valence-corrected chi connectivity index (χ4v) is 2.86. The monoisotopic (exact) mass is 260 g/mol. The summed E-state index contributed by atoms with van der Waals surface area (Å²) >= 11 is 0. The minimum atomic E-state index is 0.292. The number of rotatable bonds is 4. The normalized spacial score (nSPS) is 22.4. The van der Waals surface area contributed by atoms with Crippen LogP contribution >= 0.6 is 0 Å². The standard InChI is InChI=1S/C17H28N2/c1-13(2)15-8-6-14(7-9-15)12-19(5)16-10-17(3,4)18-11-16/h6-9,13,16,18H,10-12H2,1-5H3. The first-order valence-corrected chi connectivity index (χ1v) is 7.41. The minimum absolute atomic E-state index is 0.292. The maximum atomic E-state index is 3.60. The van der Waals surface area contributed by atoms with E-state index in [1.165, 1.54) is 17.5 Å². The Balaban J connectivity index is 1.94. The lowest BCUT2D eigenvalue weighted by Gasteiger charge is -2.25. The molecule has 1 aromatic carbocycles. The summed E-state index contributed by atoms with van der Waals surface area (Å²) in [6.45, 7) is 11.2. The Morgan fingerprint density at radius 3 is 2.37 bits per heavy atom. The molecule has 1 atom stereocenters. The Labute approximate surface area is 118 Å². The Morgan fingerprint density at radius 2 is 1.89 bits per heavy atom. The Hall–Kier alpha value is -0.860. The summed E-state index contributed by atoms with van der Waals surface area (Å²) in [6.07, 6.45) is 1.23. The van der Waals surface area contributed by atoms with E-state index in [0.717, 1.165) is 13.1 Å². The summed E-state index contributed by atoms with van der Waals surface area (Å²) in [5.74, 6) is 0.617. The van der Waals surface area contributed by atoms with E-state index < -0.39 is 0 Å². The molecule has 0 aromatic heterocycles. The maximum absolute atomic E-state index is 3.60. The first kappa shape index (κ1) is 14.5. The highest BCUT2D eigenvalue weighted by atomic mass is 15.2. The third kappa shape index (κ3) is 3.80. The number of benzene rings is 1. The number of likely N-dealkylation sites (N-methyl/N-ethyl adjacent to an activating group) is 1. The molecule has 0 amide bonds. The molecule has 1 unspecified atom stereocenters. The van der Waals surface area contributed by atoms with Crippen molar-refractivity contribution in [1.82, 2.24) is 10.2 Å². The number of nitrogens with one attached hydrogen (secondary N) is 1. The average molecular weight is 260 g/mol. The summed E-state index contributed by atoms with van der Waals surface area (Å²) in [5.41, 5.74) is 3.13. The Morgan fingerprint density at radius 1 is 1.26 bits per heavy atom. The van der Waals surface area contributed by atoms with E-state index >= 15 is 0 Å². The van der Waals surface area contributed by atoms with Gasteiger partial charge in [0.1, 0.15) is 0 Å². The predicted molar refractivity (Wildman–Crippen MR) is 82.5 cm³/mol. The smallest absolute Gasteiger partial charge is 0.0238 e. The van der Waals surface area contributed by atoms with Crippen LogP contribution in [0.4, 0.5) is 0 Å². The molecule has 0 spiro atoms. The van der Waals surface area contributed by atoms with Gasteiger partial charge in [-0.1, -0.05) is 38.1 Å². The van der Waals surface area contributed by atoms with Crippen molar-refractivity contribution in [3.8, 4) is 0 Å². The second-order valence-electron chi connectivity index (χ2n) is 6.93. The lowest BCUT2D eigenvalue weighted by atomic mass is 10.00. The van der Waals surface area contributed by atoms with Gasteiger partial charge in [0.15, 0.2) is 0 Å². The van der Waals surface area contributed by atoms with Crippen molar-refractivity contribution in [1.29, 1.82) is 0 Å². The topological polar surface area (TPSA) is 15.3 Å². The number of nitrogens with zero attached hydrogens (tertiary/aromatic N) is 1. The van der Waals surface area contributed by atoms with Crippen LogP contribution in [0.5, 0.6) is 0 Å². The maximum Gasteiger partial charge on any atom is 0.0238 e. The van der Waals surface area contributed by atoms with Gasteiger partial charge in [0.05, 0.1) is 0 Å². The zero-order valence-electron chi connectivity index (χ0n) is 13.0. The molecule has 106 valence electrons. The van der Waals surface area contributed by atoms with Gasteiger partial charge < -0.3 is 5.32 Å². The molecule has 1 fully saturated rings. The molecule has 1 aliphatic rings. The molecule has 1 aliphatic heterocycles. The highest BCUT2D eigenvalue weighted by Gasteiger charge is 2.32. The van der Waals surface area contributed by atoms with Crippen molar-refractivity contribution in [2.24, 2.45) is 0 Å². The molecule has 1 saturated heterocycles. The molecule has 0 aliphatic carbocycles. The summed E-state index contributed by atoms with van der Waals surface area (Å²) in [7, 11) is 2.24. The lowest BCUT2D eigenvalue weighted by Crippen LogP contribution is -2.32. The molecule has 2 rings (SSSR count). The molecule has 1 aromatic rings. The van der Waals surface area contributed by atoms with Crippen LogP contribution in [0.2, 0.25) is 0 Å². The quantitative estimate of drug-likeness (QED) is 0.893. The number of hydrogen-bond donors (Lipinski definition) is 1. The van der Waals surface area contributed by atoms with Crippen LogP contribution in [0.25, 0.3) is 0 Å². The van der Waals surface area contributed by atoms with Crippen LogP contribution < -0.4 is 5.32 Å². The van der Waals surface area contributed by atoms with E-state index in [4.69, 9.17) is 0 Å². The molecule has 1 N–H and O–H groups in total. The van der Waals surface area contributed by atoms with Crippen LogP contribution in [0.3, 0.4) is 0 Å². The van der Waals surface area contributed by atoms with Crippen molar-refractivity contribution in [2.45, 2.75) is 58.2 Å². The van der Waals surface area contributed by atoms with Gasteiger partial charge in [-0.3, -0.25) is 4.90 Å². The van der Waals surface area contributed by atoms with E-state index in [2.05, 4.69) is 69.2 Å². The van der Waals surface area contributed by atoms with E-state index in [1.807, 2.05) is 0 Å². The molecule has 2 heteroatoms. The van der Waals surface area contributed by atoms with Gasteiger partial charge in [-0.15, -0.1) is 0 Å². The van der Waals surface area contributed by atoms with Crippen LogP contribution in [-0.4, -0.2) is 30.1 Å². The third-order valence-corrected chi connectivity index (χ3v) is 4.26. The number of hydrogen-bond acceptors (Lipinski definition) is 2. The minimum Gasteiger partial charge on any atom is -0.310 e. The molecule has 0 bridgehead atoms. The second kappa shape index (κ2) is 5.64. The molecule has 0 saturated carbocycles. The van der Waals surface area contributed by atoms with Gasteiger partial charge in [0, 0.05) is 24.7 Å². The van der Waals surface area contributed by atoms with Crippen LogP contribution in [0.1, 0.15) is 51.2 Å². The first-order chi connectivity index (χ1) is 8.87. The van der Waals surface area contributed by atoms with Crippen molar-refractivity contribution in [2.75, 3.05) is 13.6 Å². The molecule has 1 heterocycles. The van der Waals surface area contributed by atoms with Crippen molar-refractivity contribution < 1.29 is 0 Å². The van der Waals surface area contributed by atoms with Gasteiger partial charge in [0.25, 0.3) is 0 Å². The summed E-state index contributed by atoms with van der Waals surface area (Å²) in [5, 5.41) is 3.60. The zero-order valence-corrected chi connectivity index (χ0v) is 13.0. The van der Waals surface area contributed by atoms with Crippen LogP contribution in [-0.2, 0) is 6.54 Å². The van der Waals surface area contributed by atoms with E-state index in [0.29, 0.717) is 17.5 Å². The van der Waals surface area contributed by atoms with E-state index in [-0.39, 0.29) is 0 Å². The molecular formula is C17H28N2. The second-order valence-corrected chi connectivity index (χ2v) is 6.93. The van der Waals surface area contributed by atoms with E-state index in [9.17, 15) is 0 Å². The highest BCUT2D eigenvalue weighted by Crippen LogP contribution is 2.23. The van der Waals surface area contributed by atoms with Gasteiger partial charge in [0.2, 0.25) is 0 Å². The Kier molecular flexibility index (Phi) is 4.32. The SMILES string of the molecule is CC(C)c1ccc(CN(C)C2CNC(C)(C)C2)cc1. The lowest BCUT2D eigenvalue weighted by molar-refractivity contribution is 0.240. The largest absolute Gasteiger partial charge is 0.310 e. The molecular weight excluding hydrogens is 232 g/mol. The fraction of sp³-hybridized carbons (Fsp3) is 0.647. The summed E-state index contributed by atoms with van der Waals surface area (Å²) in [6, 6.07) is 9.74. The van der Waals surface area contributed by atoms with Gasteiger partial charge in [-0.05, 0) is 44.4 Å². The van der Waals surface area contributed by atoms with Crippen LogP contribution in [0, 0.1) is 0 Å². The van der Waals surface area contributed by atoms with E-state index in [1.54, 1.807) is 0 Å². The zero-order chi connectivity index (χ0) is 14.0. The fourth-order valence-electron chi connectivity index (χ4n) is 2.86. The van der Waals surface area contributed by atoms with Gasteiger partial charge in [-0.25, -0.2) is 0 Å². The highest BCUT2D eigenvalue weighted by molar-refractivity contribution is 5.24. The van der Waals surface area contributed by atoms with Crippen molar-refractivity contribution in [3.63, 3.8) is 0 Å². The third-order valence-electron chi connectivity index (χ3n) is 4.26. The van der Waals surface area contributed by atoms with Gasteiger partial charge in [-0.2, -0.15) is 0 Å². The first-order valence-electron chi connectivity index (χ1n) is 7.41. The summed E-state index contributed by atoms with van der Waals surface area (Å²) in [4.78, 5) is 2.48. The molecule has 2 nitrogen and oxygen atoms in total. The van der Waals surface area contributed by atoms with Crippen molar-refractivity contribution >= 4 is 0 Å². The van der Waals surface area contributed by atoms with Crippen LogP contribution in [0.15, 0.2) is 24.3 Å². The van der Waals surface area contributed by atoms with Crippen molar-refractivity contribution in [3.05, 3.63) is 35.4 Å². The summed E-state index contributed by atoms with van der Waals surface area (Å²) < 4.78 is 0. The predicted octanol–water partition coefficient (Wildman–Crippen LogP) is 3.38.